The SMILES string of the molecule is Cc1ccccc1-c1ccc2c(c1)c1cc(-c3ccccc3C)ccc1n2-c1cccc2c1C(=O)N(c1ccccc1-c1ccccc1)C2=O.Cc1ccccc1-c1ccc2c(c1)c1ccccc1n2-c1cccc2c1C(=O)N(c1ccccc1-c1ccccc1)C2=O.Cc1ccccc1-c1ccc2c3ccc(-c4ccccc4C)cc3n(-c3cccc4c3C(=O)N(c3ccccc3-c3ccccc3)C4=O)c2c1. The van der Waals surface area contributed by atoms with E-state index in [1.807, 2.05) is 212 Å². The van der Waals surface area contributed by atoms with Gasteiger partial charge in [-0.15, -0.1) is 0 Å². The molecule has 0 unspecified atom stereocenters. The number of carbonyl (C=O) groups excluding carboxylic acids is 6. The summed E-state index contributed by atoms with van der Waals surface area (Å²) in [5.74, 6) is -1.93. The van der Waals surface area contributed by atoms with E-state index < -0.39 is 0 Å². The first-order valence-electron chi connectivity index (χ1n) is 48.1. The second-order valence-electron chi connectivity index (χ2n) is 36.8. The van der Waals surface area contributed by atoms with Crippen molar-refractivity contribution in [3.8, 4) is 106 Å². The zero-order valence-electron chi connectivity index (χ0n) is 78.9. The quantitative estimate of drug-likeness (QED) is 0.0998. The molecule has 0 saturated heterocycles. The first-order chi connectivity index (χ1) is 70.1. The van der Waals surface area contributed by atoms with Gasteiger partial charge in [-0.3, -0.25) is 28.8 Å². The van der Waals surface area contributed by atoms with Gasteiger partial charge in [0.2, 0.25) is 0 Å². The van der Waals surface area contributed by atoms with Gasteiger partial charge in [0.1, 0.15) is 0 Å². The maximum absolute atomic E-state index is 14.7. The highest BCUT2D eigenvalue weighted by molar-refractivity contribution is 6.39. The van der Waals surface area contributed by atoms with Gasteiger partial charge in [0.25, 0.3) is 35.4 Å². The van der Waals surface area contributed by atoms with Crippen LogP contribution in [0.1, 0.15) is 90.0 Å². The van der Waals surface area contributed by atoms with Crippen LogP contribution in [-0.2, 0) is 0 Å². The molecule has 0 N–H and O–H groups in total. The maximum Gasteiger partial charge on any atom is 0.268 e. The van der Waals surface area contributed by atoms with E-state index in [9.17, 15) is 28.8 Å². The lowest BCUT2D eigenvalue weighted by Crippen LogP contribution is -2.30. The number of benzene rings is 20. The molecule has 0 fully saturated rings. The number of nitrogens with zero attached hydrogens (tertiary/aromatic N) is 6. The summed E-state index contributed by atoms with van der Waals surface area (Å²) in [6.07, 6.45) is 0. The molecule has 0 radical (unpaired) electrons. The molecule has 12 heteroatoms. The molecule has 6 heterocycles. The van der Waals surface area contributed by atoms with Gasteiger partial charge in [0, 0.05) is 49.0 Å². The highest BCUT2D eigenvalue weighted by Crippen LogP contribution is 2.49. The molecule has 0 spiro atoms. The zero-order valence-corrected chi connectivity index (χ0v) is 78.9. The predicted octanol–water partition coefficient (Wildman–Crippen LogP) is 31.6. The van der Waals surface area contributed by atoms with Gasteiger partial charge in [0.05, 0.1) is 101 Å². The number of anilines is 3. The monoisotopic (exact) mass is 1840 g/mol. The molecule has 12 nitrogen and oxygen atoms in total. The number of rotatable bonds is 14. The van der Waals surface area contributed by atoms with Gasteiger partial charge >= 0.3 is 0 Å². The normalized spacial score (nSPS) is 12.7. The summed E-state index contributed by atoms with van der Waals surface area (Å²) < 4.78 is 6.47. The average molecular weight is 1840 g/mol. The number of fused-ring (bicyclic) bond motifs is 12. The molecule has 143 heavy (non-hydrogen) atoms. The Bertz CT molecular complexity index is 9050. The van der Waals surface area contributed by atoms with Crippen molar-refractivity contribution in [2.24, 2.45) is 0 Å². The van der Waals surface area contributed by atoms with Crippen molar-refractivity contribution in [1.82, 2.24) is 13.7 Å². The number of hydrogen-bond donors (Lipinski definition) is 0. The van der Waals surface area contributed by atoms with E-state index in [4.69, 9.17) is 0 Å². The van der Waals surface area contributed by atoms with Crippen LogP contribution in [0.3, 0.4) is 0 Å². The van der Waals surface area contributed by atoms with E-state index in [0.717, 1.165) is 138 Å². The zero-order chi connectivity index (χ0) is 96.9. The summed E-state index contributed by atoms with van der Waals surface area (Å²) in [5.41, 5.74) is 34.8. The minimum atomic E-state index is -0.330. The molecule has 0 atom stereocenters. The van der Waals surface area contributed by atoms with Crippen molar-refractivity contribution < 1.29 is 28.8 Å². The van der Waals surface area contributed by atoms with Crippen molar-refractivity contribution in [2.75, 3.05) is 14.7 Å². The fourth-order valence-electron chi connectivity index (χ4n) is 21.7. The first-order valence-corrected chi connectivity index (χ1v) is 48.1. The van der Waals surface area contributed by atoms with E-state index in [-0.39, 0.29) is 35.4 Å². The van der Waals surface area contributed by atoms with Crippen molar-refractivity contribution in [2.45, 2.75) is 34.6 Å². The Hall–Kier alpha value is -18.8. The summed E-state index contributed by atoms with van der Waals surface area (Å²) in [5, 5.41) is 6.50. The molecular weight excluding hydrogens is 1750 g/mol. The van der Waals surface area contributed by atoms with Gasteiger partial charge in [-0.2, -0.15) is 0 Å². The number of amides is 6. The third-order valence-electron chi connectivity index (χ3n) is 28.6. The predicted molar refractivity (Wildman–Crippen MR) is 582 cm³/mol. The topological polar surface area (TPSA) is 127 Å². The van der Waals surface area contributed by atoms with E-state index in [2.05, 4.69) is 273 Å². The molecule has 26 rings (SSSR count). The molecule has 0 saturated carbocycles. The van der Waals surface area contributed by atoms with Crippen LogP contribution in [0.4, 0.5) is 17.1 Å². The smallest absolute Gasteiger partial charge is 0.268 e. The second kappa shape index (κ2) is 35.7. The Balaban J connectivity index is 0.000000116. The standard InChI is InChI=1S/2C46H32N2O2.C39H26N2O2/c1-29-13-6-8-17-34(29)32-23-25-37-38-26-24-33(35-18-9-7-14-30(35)2)28-43(38)47(42(37)27-32)41-22-12-20-39-44(41)46(50)48(45(39)49)40-21-11-10-19-36(40)31-15-4-3-5-16-31;1-29-13-6-8-17-34(29)32-23-25-41-38(27-32)39-28-33(35-18-9-7-14-30(35)2)24-26-42(39)47(41)43-22-12-20-37-44(43)46(50)48(45(37)49)40-21-11-10-19-36(40)31-15-4-3-5-16-31;1-25-12-5-6-15-28(25)27-22-23-35-32(24-27)30-17-8-10-20-34(30)40(35)36-21-11-18-31-37(36)39(43)41(38(31)42)33-19-9-7-16-29(33)26-13-3-2-4-14-26/h2*3-28H,1-2H3;2-24H,1H3. The van der Waals surface area contributed by atoms with Crippen LogP contribution in [0.5, 0.6) is 0 Å². The Labute approximate surface area is 826 Å². The van der Waals surface area contributed by atoms with Gasteiger partial charge < -0.3 is 13.7 Å². The van der Waals surface area contributed by atoms with Crippen LogP contribution in [0.2, 0.25) is 0 Å². The number of aryl methyl sites for hydroxylation is 5. The molecule has 3 aliphatic heterocycles. The lowest BCUT2D eigenvalue weighted by molar-refractivity contribution is 0.0910. The second-order valence-corrected chi connectivity index (χ2v) is 36.8. The van der Waals surface area contributed by atoms with Crippen molar-refractivity contribution >= 4 is 118 Å². The Morgan fingerprint density at radius 2 is 0.357 bits per heavy atom. The molecule has 3 aliphatic rings. The number of aromatic nitrogens is 3. The Kier molecular flexibility index (Phi) is 21.7. The van der Waals surface area contributed by atoms with E-state index in [1.54, 1.807) is 18.2 Å². The molecule has 6 amide bonds. The lowest BCUT2D eigenvalue weighted by Gasteiger charge is -2.19. The van der Waals surface area contributed by atoms with Crippen molar-refractivity contribution in [1.29, 1.82) is 0 Å². The van der Waals surface area contributed by atoms with E-state index in [1.165, 1.54) is 59.2 Å². The van der Waals surface area contributed by atoms with Gasteiger partial charge in [-0.1, -0.05) is 346 Å². The average Bonchev–Trinajstić information content (AvgIpc) is 1.58. The van der Waals surface area contributed by atoms with Crippen LogP contribution in [0.25, 0.3) is 171 Å². The largest absolute Gasteiger partial charge is 0.308 e. The van der Waals surface area contributed by atoms with Gasteiger partial charge in [0.15, 0.2) is 0 Å². The Morgan fingerprint density at radius 1 is 0.140 bits per heavy atom. The number of para-hydroxylation sites is 4. The van der Waals surface area contributed by atoms with Crippen molar-refractivity contribution in [3.05, 3.63) is 516 Å². The summed E-state index contributed by atoms with van der Waals surface area (Å²) in [6.45, 7) is 10.6. The molecular formula is C131H90N6O6. The minimum absolute atomic E-state index is 0.312. The van der Waals surface area contributed by atoms with E-state index in [0.29, 0.717) is 67.5 Å². The number of hydrogen-bond acceptors (Lipinski definition) is 6. The summed E-state index contributed by atoms with van der Waals surface area (Å²) >= 11 is 0. The van der Waals surface area contributed by atoms with Crippen LogP contribution in [0, 0.1) is 34.6 Å². The molecule has 680 valence electrons. The molecule has 23 aromatic rings. The third kappa shape index (κ3) is 14.7. The summed E-state index contributed by atoms with van der Waals surface area (Å²) in [6, 6.07) is 152. The summed E-state index contributed by atoms with van der Waals surface area (Å²) in [4.78, 5) is 90.2. The van der Waals surface area contributed by atoms with E-state index >= 15 is 0 Å². The van der Waals surface area contributed by atoms with Crippen LogP contribution in [-0.4, -0.2) is 49.1 Å². The Morgan fingerprint density at radius 3 is 0.664 bits per heavy atom. The molecule has 3 aromatic heterocycles. The summed E-state index contributed by atoms with van der Waals surface area (Å²) in [7, 11) is 0. The highest BCUT2D eigenvalue weighted by atomic mass is 16.2. The van der Waals surface area contributed by atoms with Crippen LogP contribution < -0.4 is 14.7 Å². The fourth-order valence-corrected chi connectivity index (χ4v) is 21.7. The third-order valence-corrected chi connectivity index (χ3v) is 28.6. The lowest BCUT2D eigenvalue weighted by atomic mass is 9.97. The van der Waals surface area contributed by atoms with Gasteiger partial charge in [-0.25, -0.2) is 14.7 Å². The molecule has 0 bridgehead atoms. The van der Waals surface area contributed by atoms with Crippen LogP contribution in [0.15, 0.2) is 455 Å². The van der Waals surface area contributed by atoms with Crippen molar-refractivity contribution in [3.63, 3.8) is 0 Å². The molecule has 20 aromatic carbocycles. The highest BCUT2D eigenvalue weighted by Gasteiger charge is 2.44. The maximum atomic E-state index is 14.7. The number of carbonyl (C=O) groups is 6. The number of imide groups is 3. The van der Waals surface area contributed by atoms with Gasteiger partial charge in [-0.05, 0) is 244 Å². The molecule has 0 aliphatic carbocycles. The fraction of sp³-hybridized carbons (Fsp3) is 0.0382. The van der Waals surface area contributed by atoms with Crippen LogP contribution >= 0.6 is 0 Å². The first kappa shape index (κ1) is 87.0. The minimum Gasteiger partial charge on any atom is -0.308 e.